The van der Waals surface area contributed by atoms with Gasteiger partial charge in [-0.15, -0.1) is 0 Å². The zero-order valence-corrected chi connectivity index (χ0v) is 12.6. The maximum atomic E-state index is 4.51. The van der Waals surface area contributed by atoms with Crippen LogP contribution in [0.4, 0.5) is 11.6 Å². The second-order valence-corrected chi connectivity index (χ2v) is 5.19. The third-order valence-corrected chi connectivity index (χ3v) is 3.43. The van der Waals surface area contributed by atoms with E-state index in [4.69, 9.17) is 0 Å². The molecule has 0 atom stereocenters. The van der Waals surface area contributed by atoms with Crippen molar-refractivity contribution in [1.29, 1.82) is 0 Å². The molecule has 2 rings (SSSR count). The summed E-state index contributed by atoms with van der Waals surface area (Å²) in [6.07, 6.45) is 3.06. The Labute approximate surface area is 116 Å². The molecule has 18 heavy (non-hydrogen) atoms. The number of aryl methyl sites for hydroxylation is 3. The van der Waals surface area contributed by atoms with E-state index in [9.17, 15) is 0 Å². The van der Waals surface area contributed by atoms with E-state index < -0.39 is 0 Å². The van der Waals surface area contributed by atoms with Gasteiger partial charge < -0.3 is 9.88 Å². The van der Waals surface area contributed by atoms with E-state index in [1.54, 1.807) is 0 Å². The van der Waals surface area contributed by atoms with Gasteiger partial charge in [0.15, 0.2) is 0 Å². The number of anilines is 2. The number of hydrogen-bond acceptors (Lipinski definition) is 2. The van der Waals surface area contributed by atoms with Crippen LogP contribution in [0.1, 0.15) is 25.1 Å². The molecule has 3 nitrogen and oxygen atoms in total. The van der Waals surface area contributed by atoms with E-state index in [0.29, 0.717) is 0 Å². The van der Waals surface area contributed by atoms with Crippen molar-refractivity contribution in [2.75, 3.05) is 5.32 Å². The van der Waals surface area contributed by atoms with Crippen molar-refractivity contribution in [2.24, 2.45) is 0 Å². The van der Waals surface area contributed by atoms with Gasteiger partial charge in [-0.1, -0.05) is 22.9 Å². The summed E-state index contributed by atoms with van der Waals surface area (Å²) in [6, 6.07) is 6.29. The maximum absolute atomic E-state index is 4.51. The number of aromatic nitrogens is 2. The number of hydrogen-bond donors (Lipinski definition) is 1. The zero-order valence-electron chi connectivity index (χ0n) is 11.0. The van der Waals surface area contributed by atoms with Gasteiger partial charge in [0.25, 0.3) is 0 Å². The highest BCUT2D eigenvalue weighted by Gasteiger charge is 2.07. The molecule has 1 N–H and O–H groups in total. The number of rotatable bonds is 4. The van der Waals surface area contributed by atoms with E-state index >= 15 is 0 Å². The Kier molecular flexibility index (Phi) is 4.07. The molecule has 1 aromatic carbocycles. The fraction of sp³-hybridized carbons (Fsp3) is 0.357. The highest BCUT2D eigenvalue weighted by Crippen LogP contribution is 2.24. The number of benzene rings is 1. The fourth-order valence-electron chi connectivity index (χ4n) is 1.98. The summed E-state index contributed by atoms with van der Waals surface area (Å²) >= 11 is 3.51. The van der Waals surface area contributed by atoms with Crippen molar-refractivity contribution in [1.82, 2.24) is 9.55 Å². The fourth-order valence-corrected chi connectivity index (χ4v) is 2.39. The van der Waals surface area contributed by atoms with Crippen LogP contribution < -0.4 is 5.32 Å². The van der Waals surface area contributed by atoms with Gasteiger partial charge in [-0.25, -0.2) is 4.98 Å². The first kappa shape index (κ1) is 13.1. The van der Waals surface area contributed by atoms with Gasteiger partial charge in [-0.3, -0.25) is 0 Å². The number of halogens is 1. The van der Waals surface area contributed by atoms with Gasteiger partial charge in [-0.2, -0.15) is 0 Å². The SMILES string of the molecule is CCc1cc(Br)ccc1Nc1nc(C)cn1CC. The molecule has 0 unspecified atom stereocenters. The van der Waals surface area contributed by atoms with Crippen LogP contribution in [-0.4, -0.2) is 9.55 Å². The lowest BCUT2D eigenvalue weighted by molar-refractivity contribution is 0.771. The maximum Gasteiger partial charge on any atom is 0.207 e. The lowest BCUT2D eigenvalue weighted by Crippen LogP contribution is -2.03. The highest BCUT2D eigenvalue weighted by atomic mass is 79.9. The van der Waals surface area contributed by atoms with Crippen molar-refractivity contribution in [2.45, 2.75) is 33.7 Å². The minimum absolute atomic E-state index is 0.909. The third-order valence-electron chi connectivity index (χ3n) is 2.93. The van der Waals surface area contributed by atoms with Crippen LogP contribution in [0.5, 0.6) is 0 Å². The summed E-state index contributed by atoms with van der Waals surface area (Å²) in [4.78, 5) is 4.51. The van der Waals surface area contributed by atoms with Gasteiger partial charge in [0.05, 0.1) is 5.69 Å². The largest absolute Gasteiger partial charge is 0.325 e. The molecule has 1 aromatic heterocycles. The van der Waals surface area contributed by atoms with Crippen LogP contribution >= 0.6 is 15.9 Å². The molecule has 96 valence electrons. The Bertz CT molecular complexity index is 546. The van der Waals surface area contributed by atoms with Crippen LogP contribution in [0.2, 0.25) is 0 Å². The molecule has 0 fully saturated rings. The van der Waals surface area contributed by atoms with Gasteiger partial charge in [0.1, 0.15) is 0 Å². The number of nitrogens with one attached hydrogen (secondary N) is 1. The molecule has 4 heteroatoms. The lowest BCUT2D eigenvalue weighted by Gasteiger charge is -2.12. The summed E-state index contributed by atoms with van der Waals surface area (Å²) in [5, 5.41) is 3.42. The number of imidazole rings is 1. The van der Waals surface area contributed by atoms with Crippen molar-refractivity contribution >= 4 is 27.6 Å². The molecule has 2 aromatic rings. The number of nitrogens with zero attached hydrogens (tertiary/aromatic N) is 2. The molecule has 1 heterocycles. The van der Waals surface area contributed by atoms with Crippen molar-refractivity contribution < 1.29 is 0 Å². The molecule has 0 aliphatic carbocycles. The normalized spacial score (nSPS) is 10.7. The Morgan fingerprint density at radius 3 is 2.78 bits per heavy atom. The Hall–Kier alpha value is -1.29. The first-order chi connectivity index (χ1) is 8.63. The van der Waals surface area contributed by atoms with Crippen LogP contribution in [0.3, 0.4) is 0 Å². The summed E-state index contributed by atoms with van der Waals surface area (Å²) < 4.78 is 3.23. The van der Waals surface area contributed by atoms with E-state index in [1.165, 1.54) is 5.56 Å². The van der Waals surface area contributed by atoms with E-state index in [1.807, 2.05) is 13.0 Å². The average Bonchev–Trinajstić information content (AvgIpc) is 2.71. The van der Waals surface area contributed by atoms with Crippen molar-refractivity contribution in [3.8, 4) is 0 Å². The monoisotopic (exact) mass is 307 g/mol. The van der Waals surface area contributed by atoms with Gasteiger partial charge in [0.2, 0.25) is 5.95 Å². The Morgan fingerprint density at radius 2 is 2.11 bits per heavy atom. The molecule has 0 aliphatic rings. The second kappa shape index (κ2) is 5.57. The van der Waals surface area contributed by atoms with E-state index in [-0.39, 0.29) is 0 Å². The van der Waals surface area contributed by atoms with Crippen LogP contribution in [0.15, 0.2) is 28.9 Å². The smallest absolute Gasteiger partial charge is 0.207 e. The summed E-state index contributed by atoms with van der Waals surface area (Å²) in [7, 11) is 0. The van der Waals surface area contributed by atoms with Crippen LogP contribution in [0.25, 0.3) is 0 Å². The van der Waals surface area contributed by atoms with Gasteiger partial charge >= 0.3 is 0 Å². The molecule has 0 radical (unpaired) electrons. The highest BCUT2D eigenvalue weighted by molar-refractivity contribution is 9.10. The average molecular weight is 308 g/mol. The van der Waals surface area contributed by atoms with Crippen molar-refractivity contribution in [3.63, 3.8) is 0 Å². The van der Waals surface area contributed by atoms with Crippen LogP contribution in [-0.2, 0) is 13.0 Å². The van der Waals surface area contributed by atoms with Gasteiger partial charge in [-0.05, 0) is 44.0 Å². The predicted octanol–water partition coefficient (Wildman–Crippen LogP) is 4.28. The molecular weight excluding hydrogens is 290 g/mol. The van der Waals surface area contributed by atoms with E-state index in [2.05, 4.69) is 63.0 Å². The minimum atomic E-state index is 0.909. The summed E-state index contributed by atoms with van der Waals surface area (Å²) in [5.74, 6) is 0.909. The predicted molar refractivity (Wildman–Crippen MR) is 79.4 cm³/mol. The lowest BCUT2D eigenvalue weighted by atomic mass is 10.1. The van der Waals surface area contributed by atoms with Crippen molar-refractivity contribution in [3.05, 3.63) is 40.1 Å². The summed E-state index contributed by atoms with van der Waals surface area (Å²) in [5.41, 5.74) is 3.45. The van der Waals surface area contributed by atoms with Crippen LogP contribution in [0, 0.1) is 6.92 Å². The Morgan fingerprint density at radius 1 is 1.33 bits per heavy atom. The van der Waals surface area contributed by atoms with Gasteiger partial charge in [0, 0.05) is 22.9 Å². The van der Waals surface area contributed by atoms with E-state index in [0.717, 1.165) is 34.8 Å². The molecular formula is C14H18BrN3. The summed E-state index contributed by atoms with van der Waals surface area (Å²) in [6.45, 7) is 7.21. The first-order valence-corrected chi connectivity index (χ1v) is 7.02. The first-order valence-electron chi connectivity index (χ1n) is 6.23. The minimum Gasteiger partial charge on any atom is -0.325 e. The Balaban J connectivity index is 2.33. The topological polar surface area (TPSA) is 29.9 Å². The molecule has 0 saturated heterocycles. The zero-order chi connectivity index (χ0) is 13.1. The second-order valence-electron chi connectivity index (χ2n) is 4.27. The molecule has 0 saturated carbocycles. The third kappa shape index (κ3) is 2.75. The molecule has 0 bridgehead atoms. The molecule has 0 spiro atoms. The molecule has 0 aliphatic heterocycles. The molecule has 0 amide bonds. The quantitative estimate of drug-likeness (QED) is 0.913. The standard InChI is InChI=1S/C14H18BrN3/c1-4-11-8-12(15)6-7-13(11)17-14-16-10(3)9-18(14)5-2/h6-9H,4-5H2,1-3H3,(H,16,17).